The summed E-state index contributed by atoms with van der Waals surface area (Å²) in [7, 11) is 0. The van der Waals surface area contributed by atoms with Crippen LogP contribution in [-0.4, -0.2) is 23.3 Å². The molecular formula is C20H17BrFN3O2S. The zero-order valence-electron chi connectivity index (χ0n) is 15.0. The summed E-state index contributed by atoms with van der Waals surface area (Å²) in [5, 5.41) is 5.93. The average Bonchev–Trinajstić information content (AvgIpc) is 3.02. The Hall–Kier alpha value is -2.58. The number of carbonyl (C=O) groups is 2. The summed E-state index contributed by atoms with van der Waals surface area (Å²) in [4.78, 5) is 29.5. The average molecular weight is 462 g/mol. The van der Waals surface area contributed by atoms with Crippen LogP contribution in [0.2, 0.25) is 0 Å². The maximum absolute atomic E-state index is 13.1. The smallest absolute Gasteiger partial charge is 0.251 e. The number of aryl methyl sites for hydroxylation is 1. The fraction of sp³-hybridized carbons (Fsp3) is 0.150. The van der Waals surface area contributed by atoms with Gasteiger partial charge >= 0.3 is 0 Å². The van der Waals surface area contributed by atoms with Gasteiger partial charge in [0, 0.05) is 33.4 Å². The van der Waals surface area contributed by atoms with Crippen LogP contribution in [0.4, 0.5) is 9.52 Å². The van der Waals surface area contributed by atoms with Crippen LogP contribution in [-0.2, 0) is 4.79 Å². The molecule has 3 rings (SSSR count). The number of hydrogen-bond donors (Lipinski definition) is 2. The molecule has 0 aliphatic rings. The molecule has 2 N–H and O–H groups in total. The van der Waals surface area contributed by atoms with Crippen molar-refractivity contribution in [3.05, 3.63) is 69.3 Å². The number of amides is 2. The molecule has 5 nitrogen and oxygen atoms in total. The van der Waals surface area contributed by atoms with Crippen LogP contribution >= 0.6 is 27.3 Å². The fourth-order valence-electron chi connectivity index (χ4n) is 2.50. The zero-order chi connectivity index (χ0) is 20.1. The van der Waals surface area contributed by atoms with Crippen molar-refractivity contribution in [1.82, 2.24) is 10.3 Å². The van der Waals surface area contributed by atoms with Gasteiger partial charge in [-0.15, -0.1) is 11.3 Å². The van der Waals surface area contributed by atoms with Gasteiger partial charge in [-0.25, -0.2) is 9.37 Å². The Morgan fingerprint density at radius 2 is 1.79 bits per heavy atom. The van der Waals surface area contributed by atoms with Gasteiger partial charge in [-0.1, -0.05) is 15.9 Å². The lowest BCUT2D eigenvalue weighted by Gasteiger charge is -2.05. The molecular weight excluding hydrogens is 445 g/mol. The molecule has 0 saturated heterocycles. The summed E-state index contributed by atoms with van der Waals surface area (Å²) in [5.41, 5.74) is 2.03. The SMILES string of the molecule is Cc1sc(NC(=O)CCNC(=O)c2ccc(Br)cc2)nc1-c1ccc(F)cc1. The molecule has 2 amide bonds. The summed E-state index contributed by atoms with van der Waals surface area (Å²) in [6.07, 6.45) is 0.132. The third kappa shape index (κ3) is 5.24. The maximum Gasteiger partial charge on any atom is 0.251 e. The summed E-state index contributed by atoms with van der Waals surface area (Å²) >= 11 is 4.67. The van der Waals surface area contributed by atoms with Gasteiger partial charge in [0.15, 0.2) is 5.13 Å². The monoisotopic (exact) mass is 461 g/mol. The van der Waals surface area contributed by atoms with E-state index in [9.17, 15) is 14.0 Å². The van der Waals surface area contributed by atoms with Gasteiger partial charge < -0.3 is 10.6 Å². The Balaban J connectivity index is 1.52. The van der Waals surface area contributed by atoms with E-state index in [1.54, 1.807) is 36.4 Å². The second-order valence-corrected chi connectivity index (χ2v) is 8.11. The molecule has 1 heterocycles. The molecule has 0 bridgehead atoms. The van der Waals surface area contributed by atoms with E-state index in [-0.39, 0.29) is 30.6 Å². The van der Waals surface area contributed by atoms with Crippen molar-refractivity contribution >= 4 is 44.2 Å². The predicted molar refractivity (Wildman–Crippen MR) is 112 cm³/mol. The van der Waals surface area contributed by atoms with Crippen LogP contribution in [0.3, 0.4) is 0 Å². The zero-order valence-corrected chi connectivity index (χ0v) is 17.4. The van der Waals surface area contributed by atoms with Gasteiger partial charge in [0.05, 0.1) is 5.69 Å². The molecule has 1 aromatic heterocycles. The molecule has 28 heavy (non-hydrogen) atoms. The van der Waals surface area contributed by atoms with Crippen molar-refractivity contribution in [3.8, 4) is 11.3 Å². The summed E-state index contributed by atoms with van der Waals surface area (Å²) in [5.74, 6) is -0.783. The lowest BCUT2D eigenvalue weighted by molar-refractivity contribution is -0.116. The second kappa shape index (κ2) is 9.07. The highest BCUT2D eigenvalue weighted by molar-refractivity contribution is 9.10. The normalized spacial score (nSPS) is 10.5. The van der Waals surface area contributed by atoms with Crippen molar-refractivity contribution in [1.29, 1.82) is 0 Å². The number of halogens is 2. The number of benzene rings is 2. The van der Waals surface area contributed by atoms with E-state index < -0.39 is 0 Å². The van der Waals surface area contributed by atoms with Crippen LogP contribution in [0.5, 0.6) is 0 Å². The first-order chi connectivity index (χ1) is 13.4. The maximum atomic E-state index is 13.1. The van der Waals surface area contributed by atoms with E-state index in [0.717, 1.165) is 14.9 Å². The third-order valence-electron chi connectivity index (χ3n) is 3.90. The quantitative estimate of drug-likeness (QED) is 0.554. The molecule has 0 spiro atoms. The standard InChI is InChI=1S/C20H17BrFN3O2S/c1-12-18(13-4-8-16(22)9-5-13)25-20(28-12)24-17(26)10-11-23-19(27)14-2-6-15(21)7-3-14/h2-9H,10-11H2,1H3,(H,23,27)(H,24,25,26). The van der Waals surface area contributed by atoms with Crippen LogP contribution in [0.15, 0.2) is 53.0 Å². The van der Waals surface area contributed by atoms with Crippen LogP contribution < -0.4 is 10.6 Å². The first-order valence-electron chi connectivity index (χ1n) is 8.49. The second-order valence-electron chi connectivity index (χ2n) is 5.99. The Morgan fingerprint density at radius 3 is 2.46 bits per heavy atom. The van der Waals surface area contributed by atoms with E-state index in [4.69, 9.17) is 0 Å². The van der Waals surface area contributed by atoms with Crippen LogP contribution in [0.25, 0.3) is 11.3 Å². The van der Waals surface area contributed by atoms with Crippen LogP contribution in [0.1, 0.15) is 21.7 Å². The first kappa shape index (κ1) is 20.2. The Morgan fingerprint density at radius 1 is 1.11 bits per heavy atom. The van der Waals surface area contributed by atoms with Gasteiger partial charge in [0.1, 0.15) is 5.82 Å². The molecule has 0 fully saturated rings. The minimum Gasteiger partial charge on any atom is -0.352 e. The summed E-state index contributed by atoms with van der Waals surface area (Å²) in [6, 6.07) is 13.0. The molecule has 0 saturated carbocycles. The number of nitrogens with zero attached hydrogens (tertiary/aromatic N) is 1. The van der Waals surface area contributed by atoms with Crippen molar-refractivity contribution < 1.29 is 14.0 Å². The van der Waals surface area contributed by atoms with Gasteiger partial charge in [-0.05, 0) is 55.5 Å². The number of nitrogens with one attached hydrogen (secondary N) is 2. The van der Waals surface area contributed by atoms with E-state index in [2.05, 4.69) is 31.5 Å². The minimum absolute atomic E-state index is 0.132. The summed E-state index contributed by atoms with van der Waals surface area (Å²) < 4.78 is 14.0. The van der Waals surface area contributed by atoms with E-state index in [1.165, 1.54) is 23.5 Å². The lowest BCUT2D eigenvalue weighted by Crippen LogP contribution is -2.27. The highest BCUT2D eigenvalue weighted by Gasteiger charge is 2.13. The largest absolute Gasteiger partial charge is 0.352 e. The molecule has 3 aromatic rings. The molecule has 0 aliphatic carbocycles. The molecule has 2 aromatic carbocycles. The fourth-order valence-corrected chi connectivity index (χ4v) is 3.62. The van der Waals surface area contributed by atoms with Crippen molar-refractivity contribution in [2.45, 2.75) is 13.3 Å². The van der Waals surface area contributed by atoms with Gasteiger partial charge in [0.2, 0.25) is 5.91 Å². The van der Waals surface area contributed by atoms with Crippen LogP contribution in [0, 0.1) is 12.7 Å². The number of anilines is 1. The number of carbonyl (C=O) groups excluding carboxylic acids is 2. The molecule has 0 radical (unpaired) electrons. The molecule has 8 heteroatoms. The van der Waals surface area contributed by atoms with Gasteiger partial charge in [-0.2, -0.15) is 0 Å². The molecule has 144 valence electrons. The first-order valence-corrected chi connectivity index (χ1v) is 10.1. The Bertz CT molecular complexity index is 988. The third-order valence-corrected chi connectivity index (χ3v) is 5.32. The Labute approximate surface area is 174 Å². The van der Waals surface area contributed by atoms with Crippen molar-refractivity contribution in [2.75, 3.05) is 11.9 Å². The topological polar surface area (TPSA) is 71.1 Å². The number of rotatable bonds is 6. The molecule has 0 atom stereocenters. The molecule has 0 unspecified atom stereocenters. The predicted octanol–water partition coefficient (Wildman–Crippen LogP) is 4.78. The Kier molecular flexibility index (Phi) is 6.53. The van der Waals surface area contributed by atoms with Crippen molar-refractivity contribution in [3.63, 3.8) is 0 Å². The minimum atomic E-state index is -0.310. The van der Waals surface area contributed by atoms with Crippen molar-refractivity contribution in [2.24, 2.45) is 0 Å². The summed E-state index contributed by atoms with van der Waals surface area (Å²) in [6.45, 7) is 2.11. The van der Waals surface area contributed by atoms with Gasteiger partial charge in [-0.3, -0.25) is 9.59 Å². The number of thiazole rings is 1. The number of hydrogen-bond acceptors (Lipinski definition) is 4. The number of aromatic nitrogens is 1. The highest BCUT2D eigenvalue weighted by atomic mass is 79.9. The highest BCUT2D eigenvalue weighted by Crippen LogP contribution is 2.30. The van der Waals surface area contributed by atoms with E-state index >= 15 is 0 Å². The van der Waals surface area contributed by atoms with E-state index in [0.29, 0.717) is 16.4 Å². The van der Waals surface area contributed by atoms with Gasteiger partial charge in [0.25, 0.3) is 5.91 Å². The molecule has 0 aliphatic heterocycles. The lowest BCUT2D eigenvalue weighted by atomic mass is 10.1. The van der Waals surface area contributed by atoms with E-state index in [1.807, 2.05) is 6.92 Å².